The zero-order valence-corrected chi connectivity index (χ0v) is 12.5. The van der Waals surface area contributed by atoms with Crippen LogP contribution in [0.2, 0.25) is 0 Å². The van der Waals surface area contributed by atoms with Gasteiger partial charge < -0.3 is 20.5 Å². The van der Waals surface area contributed by atoms with Crippen LogP contribution in [0.15, 0.2) is 42.5 Å². The van der Waals surface area contributed by atoms with Gasteiger partial charge in [0.25, 0.3) is 11.8 Å². The van der Waals surface area contributed by atoms with Gasteiger partial charge in [0.05, 0.1) is 17.3 Å². The molecule has 0 aromatic heterocycles. The third-order valence-corrected chi connectivity index (χ3v) is 3.63. The molecule has 0 saturated heterocycles. The fourth-order valence-corrected chi connectivity index (χ4v) is 2.39. The topological polar surface area (TPSA) is 87.7 Å². The third kappa shape index (κ3) is 3.11. The van der Waals surface area contributed by atoms with Gasteiger partial charge in [-0.2, -0.15) is 0 Å². The zero-order valence-electron chi connectivity index (χ0n) is 12.5. The van der Waals surface area contributed by atoms with Gasteiger partial charge in [0.15, 0.2) is 6.61 Å². The van der Waals surface area contributed by atoms with Gasteiger partial charge in [0, 0.05) is 0 Å². The second kappa shape index (κ2) is 6.00. The van der Waals surface area contributed by atoms with E-state index in [9.17, 15) is 14.7 Å². The Morgan fingerprint density at radius 3 is 2.87 bits per heavy atom. The number of phenols is 1. The van der Waals surface area contributed by atoms with Gasteiger partial charge in [-0.15, -0.1) is 0 Å². The van der Waals surface area contributed by atoms with E-state index in [1.165, 1.54) is 6.07 Å². The van der Waals surface area contributed by atoms with Crippen LogP contribution in [0.25, 0.3) is 0 Å². The van der Waals surface area contributed by atoms with Crippen molar-refractivity contribution >= 4 is 17.5 Å². The lowest BCUT2D eigenvalue weighted by atomic mass is 10.1. The van der Waals surface area contributed by atoms with Gasteiger partial charge >= 0.3 is 0 Å². The minimum absolute atomic E-state index is 0.00587. The number of aromatic hydroxyl groups is 1. The molecule has 0 aliphatic carbocycles. The van der Waals surface area contributed by atoms with Gasteiger partial charge in [-0.25, -0.2) is 0 Å². The molecule has 2 aromatic rings. The Balaban J connectivity index is 1.77. The Morgan fingerprint density at radius 2 is 2.09 bits per heavy atom. The second-order valence-corrected chi connectivity index (χ2v) is 5.30. The molecular weight excluding hydrogens is 296 g/mol. The Morgan fingerprint density at radius 1 is 1.30 bits per heavy atom. The van der Waals surface area contributed by atoms with Crippen LogP contribution in [-0.2, 0) is 4.79 Å². The number of amides is 2. The van der Waals surface area contributed by atoms with Crippen molar-refractivity contribution in [3.05, 3.63) is 53.6 Å². The van der Waals surface area contributed by atoms with Crippen LogP contribution in [0.3, 0.4) is 0 Å². The molecule has 118 valence electrons. The lowest BCUT2D eigenvalue weighted by Gasteiger charge is -2.21. The SMILES string of the molecule is CC(NC(=O)c1ccccc1O)c1ccc2c(c1)NC(=O)CO2. The summed E-state index contributed by atoms with van der Waals surface area (Å²) in [5.41, 5.74) is 1.62. The van der Waals surface area contributed by atoms with Gasteiger partial charge in [0.2, 0.25) is 0 Å². The lowest BCUT2D eigenvalue weighted by Crippen LogP contribution is -2.28. The summed E-state index contributed by atoms with van der Waals surface area (Å²) in [4.78, 5) is 23.6. The molecule has 6 nitrogen and oxygen atoms in total. The van der Waals surface area contributed by atoms with E-state index in [2.05, 4.69) is 10.6 Å². The monoisotopic (exact) mass is 312 g/mol. The molecule has 0 spiro atoms. The van der Waals surface area contributed by atoms with Crippen LogP contribution in [0.1, 0.15) is 28.9 Å². The van der Waals surface area contributed by atoms with E-state index in [1.807, 2.05) is 13.0 Å². The molecule has 0 saturated carbocycles. The summed E-state index contributed by atoms with van der Waals surface area (Å²) in [5, 5.41) is 15.3. The summed E-state index contributed by atoms with van der Waals surface area (Å²) < 4.78 is 5.30. The van der Waals surface area contributed by atoms with E-state index in [0.29, 0.717) is 11.4 Å². The fraction of sp³-hybridized carbons (Fsp3) is 0.176. The van der Waals surface area contributed by atoms with Crippen LogP contribution in [0.5, 0.6) is 11.5 Å². The minimum Gasteiger partial charge on any atom is -0.507 e. The number of carbonyl (C=O) groups excluding carboxylic acids is 2. The number of para-hydroxylation sites is 1. The molecule has 1 aliphatic heterocycles. The third-order valence-electron chi connectivity index (χ3n) is 3.63. The molecule has 3 rings (SSSR count). The van der Waals surface area contributed by atoms with E-state index < -0.39 is 0 Å². The standard InChI is InChI=1S/C17H16N2O4/c1-10(18-17(22)12-4-2-3-5-14(12)20)11-6-7-15-13(8-11)19-16(21)9-23-15/h2-8,10,20H,9H2,1H3,(H,18,22)(H,19,21). The normalized spacial score (nSPS) is 14.2. The first-order valence-corrected chi connectivity index (χ1v) is 7.20. The Bertz CT molecular complexity index is 773. The molecule has 2 aromatic carbocycles. The molecule has 0 fully saturated rings. The first-order chi connectivity index (χ1) is 11.0. The molecule has 1 aliphatic rings. The average molecular weight is 312 g/mol. The van der Waals surface area contributed by atoms with E-state index in [1.54, 1.807) is 30.3 Å². The van der Waals surface area contributed by atoms with Crippen molar-refractivity contribution in [3.63, 3.8) is 0 Å². The molecule has 6 heteroatoms. The quantitative estimate of drug-likeness (QED) is 0.811. The Hall–Kier alpha value is -3.02. The summed E-state index contributed by atoms with van der Waals surface area (Å²) in [6.07, 6.45) is 0. The van der Waals surface area contributed by atoms with Crippen molar-refractivity contribution in [2.75, 3.05) is 11.9 Å². The number of carbonyl (C=O) groups is 2. The number of phenolic OH excluding ortho intramolecular Hbond substituents is 1. The first kappa shape index (κ1) is 14.9. The highest BCUT2D eigenvalue weighted by Crippen LogP contribution is 2.30. The maximum Gasteiger partial charge on any atom is 0.262 e. The van der Waals surface area contributed by atoms with E-state index in [0.717, 1.165) is 5.56 Å². The van der Waals surface area contributed by atoms with Crippen molar-refractivity contribution < 1.29 is 19.4 Å². The second-order valence-electron chi connectivity index (χ2n) is 5.30. The summed E-state index contributed by atoms with van der Waals surface area (Å²) in [7, 11) is 0. The predicted octanol–water partition coefficient (Wildman–Crippen LogP) is 2.21. The molecule has 1 unspecified atom stereocenters. The van der Waals surface area contributed by atoms with Crippen molar-refractivity contribution in [2.24, 2.45) is 0 Å². The molecule has 3 N–H and O–H groups in total. The number of nitrogens with one attached hydrogen (secondary N) is 2. The molecule has 0 bridgehead atoms. The predicted molar refractivity (Wildman–Crippen MR) is 84.6 cm³/mol. The number of hydrogen-bond acceptors (Lipinski definition) is 4. The maximum atomic E-state index is 12.2. The largest absolute Gasteiger partial charge is 0.507 e. The van der Waals surface area contributed by atoms with Gasteiger partial charge in [0.1, 0.15) is 11.5 Å². The number of benzene rings is 2. The van der Waals surface area contributed by atoms with Crippen LogP contribution in [0.4, 0.5) is 5.69 Å². The molecular formula is C17H16N2O4. The van der Waals surface area contributed by atoms with E-state index in [-0.39, 0.29) is 35.8 Å². The zero-order chi connectivity index (χ0) is 16.4. The first-order valence-electron chi connectivity index (χ1n) is 7.20. The van der Waals surface area contributed by atoms with Crippen LogP contribution in [-0.4, -0.2) is 23.5 Å². The van der Waals surface area contributed by atoms with Crippen LogP contribution >= 0.6 is 0 Å². The van der Waals surface area contributed by atoms with E-state index >= 15 is 0 Å². The van der Waals surface area contributed by atoms with E-state index in [4.69, 9.17) is 4.74 Å². The van der Waals surface area contributed by atoms with Crippen molar-refractivity contribution in [1.29, 1.82) is 0 Å². The fourth-order valence-electron chi connectivity index (χ4n) is 2.39. The van der Waals surface area contributed by atoms with Crippen LogP contribution < -0.4 is 15.4 Å². The number of fused-ring (bicyclic) bond motifs is 1. The summed E-state index contributed by atoms with van der Waals surface area (Å²) >= 11 is 0. The highest BCUT2D eigenvalue weighted by molar-refractivity contribution is 5.97. The number of rotatable bonds is 3. The summed E-state index contributed by atoms with van der Waals surface area (Å²) in [6, 6.07) is 11.4. The maximum absolute atomic E-state index is 12.2. The van der Waals surface area contributed by atoms with Gasteiger partial charge in [-0.1, -0.05) is 18.2 Å². The minimum atomic E-state index is -0.367. The van der Waals surface area contributed by atoms with Crippen LogP contribution in [0, 0.1) is 0 Å². The molecule has 1 heterocycles. The summed E-state index contributed by atoms with van der Waals surface area (Å²) in [5.74, 6) is -0.0370. The molecule has 1 atom stereocenters. The Kier molecular flexibility index (Phi) is 3.89. The molecule has 23 heavy (non-hydrogen) atoms. The molecule has 2 amide bonds. The van der Waals surface area contributed by atoms with Gasteiger partial charge in [-0.05, 0) is 36.8 Å². The smallest absolute Gasteiger partial charge is 0.262 e. The highest BCUT2D eigenvalue weighted by Gasteiger charge is 2.19. The van der Waals surface area contributed by atoms with Gasteiger partial charge in [-0.3, -0.25) is 9.59 Å². The summed E-state index contributed by atoms with van der Waals surface area (Å²) in [6.45, 7) is 1.83. The molecule has 0 radical (unpaired) electrons. The lowest BCUT2D eigenvalue weighted by molar-refractivity contribution is -0.118. The number of hydrogen-bond donors (Lipinski definition) is 3. The van der Waals surface area contributed by atoms with Crippen molar-refractivity contribution in [3.8, 4) is 11.5 Å². The highest BCUT2D eigenvalue weighted by atomic mass is 16.5. The van der Waals surface area contributed by atoms with Crippen molar-refractivity contribution in [2.45, 2.75) is 13.0 Å². The number of ether oxygens (including phenoxy) is 1. The number of anilines is 1. The Labute approximate surface area is 133 Å². The average Bonchev–Trinajstić information content (AvgIpc) is 2.54. The van der Waals surface area contributed by atoms with Crippen molar-refractivity contribution in [1.82, 2.24) is 5.32 Å².